The van der Waals surface area contributed by atoms with Crippen LogP contribution in [0.15, 0.2) is 121 Å². The second-order valence-electron chi connectivity index (χ2n) is 8.35. The summed E-state index contributed by atoms with van der Waals surface area (Å²) in [5, 5.41) is 3.50. The summed E-state index contributed by atoms with van der Waals surface area (Å²) >= 11 is 5.94. The third-order valence-electron chi connectivity index (χ3n) is 5.58. The van der Waals surface area contributed by atoms with E-state index in [9.17, 15) is 9.59 Å². The zero-order valence-electron chi connectivity index (χ0n) is 21.1. The molecule has 1 aliphatic carbocycles. The fourth-order valence-electron chi connectivity index (χ4n) is 3.57. The maximum atomic E-state index is 13.3. The van der Waals surface area contributed by atoms with Crippen LogP contribution in [-0.2, 0) is 9.59 Å². The number of amides is 2. The molecular weight excluding hydrogens is 484 g/mol. The standard InChI is InChI=1S/C23H19ClN2O3.C8H12/c24-17-10-12-19(13-11-17)29-21-9-5-4-8-20(21)26-15-22(27)25-18-7-3-1-2-6-16(14-18)23(26)28;1-4-6-7-8(3)5-2/h1,3-13H,2,14-15H2,(H,25,27);4-7H,1H2,2-3H3/b3-1?,16-6+,18-7+;7-6-,8-5-. The van der Waals surface area contributed by atoms with Crippen molar-refractivity contribution >= 4 is 29.1 Å². The van der Waals surface area contributed by atoms with Gasteiger partial charge >= 0.3 is 0 Å². The second kappa shape index (κ2) is 13.9. The molecule has 1 N–H and O–H groups in total. The van der Waals surface area contributed by atoms with E-state index in [1.807, 2.05) is 55.5 Å². The fraction of sp³-hybridized carbons (Fsp3) is 0.161. The van der Waals surface area contributed by atoms with E-state index in [2.05, 4.69) is 24.9 Å². The lowest BCUT2D eigenvalue weighted by atomic mass is 10.0. The Hall–Kier alpha value is -4.09. The van der Waals surface area contributed by atoms with E-state index >= 15 is 0 Å². The van der Waals surface area contributed by atoms with Crippen molar-refractivity contribution in [3.63, 3.8) is 0 Å². The lowest BCUT2D eigenvalue weighted by molar-refractivity contribution is -0.122. The van der Waals surface area contributed by atoms with Crippen molar-refractivity contribution in [2.45, 2.75) is 26.7 Å². The number of rotatable bonds is 5. The number of para-hydroxylation sites is 2. The molecule has 2 aromatic carbocycles. The minimum atomic E-state index is -0.251. The van der Waals surface area contributed by atoms with Gasteiger partial charge in [0.1, 0.15) is 12.3 Å². The zero-order valence-corrected chi connectivity index (χ0v) is 21.9. The number of hydrogen-bond donors (Lipinski definition) is 1. The maximum Gasteiger partial charge on any atom is 0.254 e. The van der Waals surface area contributed by atoms with Crippen LogP contribution in [0.1, 0.15) is 26.7 Å². The van der Waals surface area contributed by atoms with Crippen LogP contribution < -0.4 is 15.0 Å². The van der Waals surface area contributed by atoms with E-state index in [4.69, 9.17) is 16.3 Å². The number of carbonyl (C=O) groups is 2. The molecule has 1 heterocycles. The summed E-state index contributed by atoms with van der Waals surface area (Å²) in [6, 6.07) is 14.2. The smallest absolute Gasteiger partial charge is 0.254 e. The van der Waals surface area contributed by atoms with Gasteiger partial charge in [0.05, 0.1) is 5.69 Å². The first-order chi connectivity index (χ1) is 17.9. The molecule has 4 rings (SSSR count). The third-order valence-corrected chi connectivity index (χ3v) is 5.84. The van der Waals surface area contributed by atoms with Gasteiger partial charge in [-0.2, -0.15) is 0 Å². The SMILES string of the molecule is C=C/C=C\C(C)=C/C.O=C1CN(c2ccccc2Oc2ccc(Cl)cc2)C(=O)/C2=C/CC=C/C=C(\C2)N1. The Labute approximate surface area is 223 Å². The quantitative estimate of drug-likeness (QED) is 0.421. The molecule has 2 bridgehead atoms. The fourth-order valence-corrected chi connectivity index (χ4v) is 3.70. The Balaban J connectivity index is 0.000000414. The Bertz CT molecular complexity index is 1280. The van der Waals surface area contributed by atoms with Crippen LogP contribution >= 0.6 is 11.6 Å². The topological polar surface area (TPSA) is 58.6 Å². The van der Waals surface area contributed by atoms with Gasteiger partial charge in [0, 0.05) is 22.7 Å². The molecule has 0 unspecified atom stereocenters. The van der Waals surface area contributed by atoms with Crippen molar-refractivity contribution in [2.24, 2.45) is 0 Å². The zero-order chi connectivity index (χ0) is 26.6. The van der Waals surface area contributed by atoms with Crippen molar-refractivity contribution < 1.29 is 14.3 Å². The first kappa shape index (κ1) is 27.5. The molecule has 0 atom stereocenters. The van der Waals surface area contributed by atoms with Crippen LogP contribution in [0.5, 0.6) is 11.5 Å². The number of hydrogen-bond acceptors (Lipinski definition) is 3. The van der Waals surface area contributed by atoms with Crippen molar-refractivity contribution in [3.05, 3.63) is 126 Å². The lowest BCUT2D eigenvalue weighted by Crippen LogP contribution is -2.44. The van der Waals surface area contributed by atoms with E-state index in [0.29, 0.717) is 40.6 Å². The monoisotopic (exact) mass is 514 g/mol. The minimum Gasteiger partial charge on any atom is -0.455 e. The highest BCUT2D eigenvalue weighted by Gasteiger charge is 2.28. The van der Waals surface area contributed by atoms with E-state index in [0.717, 1.165) is 5.70 Å². The number of anilines is 1. The molecule has 6 heteroatoms. The van der Waals surface area contributed by atoms with Gasteiger partial charge in [-0.1, -0.05) is 78.4 Å². The van der Waals surface area contributed by atoms with Crippen LogP contribution in [0.25, 0.3) is 0 Å². The van der Waals surface area contributed by atoms with E-state index in [1.54, 1.807) is 42.5 Å². The molecule has 2 aromatic rings. The van der Waals surface area contributed by atoms with E-state index in [-0.39, 0.29) is 18.4 Å². The molecule has 0 aromatic heterocycles. The normalized spacial score (nSPS) is 18.6. The Morgan fingerprint density at radius 1 is 1.14 bits per heavy atom. The number of benzene rings is 2. The first-order valence-corrected chi connectivity index (χ1v) is 12.4. The molecule has 37 heavy (non-hydrogen) atoms. The molecule has 1 aliphatic heterocycles. The highest BCUT2D eigenvalue weighted by molar-refractivity contribution is 6.30. The summed E-state index contributed by atoms with van der Waals surface area (Å²) in [5.41, 5.74) is 3.16. The van der Waals surface area contributed by atoms with Crippen LogP contribution in [0.4, 0.5) is 5.69 Å². The molecular formula is C31H31ClN2O3. The van der Waals surface area contributed by atoms with Gasteiger partial charge in [0.25, 0.3) is 5.91 Å². The molecule has 1 saturated heterocycles. The number of ether oxygens (including phenoxy) is 1. The van der Waals surface area contributed by atoms with Gasteiger partial charge in [-0.25, -0.2) is 0 Å². The van der Waals surface area contributed by atoms with E-state index < -0.39 is 0 Å². The Kier molecular flexibility index (Phi) is 10.3. The third kappa shape index (κ3) is 8.23. The van der Waals surface area contributed by atoms with Crippen LogP contribution in [0.2, 0.25) is 5.02 Å². The van der Waals surface area contributed by atoms with Gasteiger partial charge in [-0.05, 0) is 62.7 Å². The predicted octanol–water partition coefficient (Wildman–Crippen LogP) is 7.45. The number of halogens is 1. The van der Waals surface area contributed by atoms with Gasteiger partial charge < -0.3 is 10.1 Å². The van der Waals surface area contributed by atoms with E-state index in [1.165, 1.54) is 10.5 Å². The number of carbonyl (C=O) groups excluding carboxylic acids is 2. The van der Waals surface area contributed by atoms with Gasteiger partial charge in [-0.3, -0.25) is 14.5 Å². The number of nitrogens with one attached hydrogen (secondary N) is 1. The summed E-state index contributed by atoms with van der Waals surface area (Å²) in [6.07, 6.45) is 16.4. The largest absolute Gasteiger partial charge is 0.455 e. The maximum absolute atomic E-state index is 13.3. The number of nitrogens with zero attached hydrogens (tertiary/aromatic N) is 1. The average Bonchev–Trinajstić information content (AvgIpc) is 2.88. The van der Waals surface area contributed by atoms with Crippen LogP contribution in [0.3, 0.4) is 0 Å². The molecule has 5 nitrogen and oxygen atoms in total. The molecule has 0 spiro atoms. The van der Waals surface area contributed by atoms with Gasteiger partial charge in [0.2, 0.25) is 5.91 Å². The van der Waals surface area contributed by atoms with Crippen molar-refractivity contribution in [1.82, 2.24) is 5.32 Å². The Morgan fingerprint density at radius 2 is 1.89 bits per heavy atom. The molecule has 190 valence electrons. The van der Waals surface area contributed by atoms with Crippen molar-refractivity contribution in [2.75, 3.05) is 11.4 Å². The second-order valence-corrected chi connectivity index (χ2v) is 8.79. The highest BCUT2D eigenvalue weighted by atomic mass is 35.5. The minimum absolute atomic E-state index is 0.0990. The molecule has 0 radical (unpaired) electrons. The average molecular weight is 515 g/mol. The Morgan fingerprint density at radius 3 is 2.62 bits per heavy atom. The van der Waals surface area contributed by atoms with Gasteiger partial charge in [-0.15, -0.1) is 0 Å². The lowest BCUT2D eigenvalue weighted by Gasteiger charge is -2.28. The van der Waals surface area contributed by atoms with Crippen LogP contribution in [-0.4, -0.2) is 18.4 Å². The van der Waals surface area contributed by atoms with Crippen LogP contribution in [0, 0.1) is 0 Å². The first-order valence-electron chi connectivity index (χ1n) is 12.0. The molecule has 2 aliphatic rings. The predicted molar refractivity (Wildman–Crippen MR) is 152 cm³/mol. The van der Waals surface area contributed by atoms with Crippen molar-refractivity contribution in [1.29, 1.82) is 0 Å². The summed E-state index contributed by atoms with van der Waals surface area (Å²) < 4.78 is 6.00. The number of fused-ring (bicyclic) bond motifs is 2. The van der Waals surface area contributed by atoms with Gasteiger partial charge in [0.15, 0.2) is 5.75 Å². The molecule has 1 fully saturated rings. The highest BCUT2D eigenvalue weighted by Crippen LogP contribution is 2.34. The molecule has 0 saturated carbocycles. The summed E-state index contributed by atoms with van der Waals surface area (Å²) in [6.45, 7) is 7.53. The summed E-state index contributed by atoms with van der Waals surface area (Å²) in [5.74, 6) is 0.622. The number of allylic oxidation sites excluding steroid dienone is 10. The summed E-state index contributed by atoms with van der Waals surface area (Å²) in [4.78, 5) is 27.3. The molecule has 2 amide bonds. The summed E-state index contributed by atoms with van der Waals surface area (Å²) in [7, 11) is 0. The van der Waals surface area contributed by atoms with Crippen molar-refractivity contribution in [3.8, 4) is 11.5 Å².